The number of hydrogen-bond donors (Lipinski definition) is 8. The zero-order chi connectivity index (χ0) is 88.3. The largest absolute Gasteiger partial charge is 0.493 e. The Morgan fingerprint density at radius 3 is 0.815 bits per heavy atom. The van der Waals surface area contributed by atoms with E-state index in [1.54, 1.807) is 260 Å². The van der Waals surface area contributed by atoms with Crippen LogP contribution in [0.25, 0.3) is 54.7 Å². The Kier molecular flexibility index (Phi) is 28.4. The number of methoxy groups -OCH3 is 8. The van der Waals surface area contributed by atoms with Crippen LogP contribution in [0, 0.1) is 6.92 Å². The molecule has 0 spiro atoms. The number of fused-ring (bicyclic) bond motifs is 4. The summed E-state index contributed by atoms with van der Waals surface area (Å²) in [5, 5.41) is 15.5. The molecule has 0 radical (unpaired) electrons. The summed E-state index contributed by atoms with van der Waals surface area (Å²) in [5.74, 6) is 6.99. The van der Waals surface area contributed by atoms with Crippen molar-refractivity contribution in [3.63, 3.8) is 0 Å². The summed E-state index contributed by atoms with van der Waals surface area (Å²) in [6.07, 6.45) is 5.84. The number of aromatic nitrogens is 8. The lowest BCUT2D eigenvalue weighted by atomic mass is 10.1. The van der Waals surface area contributed by atoms with Crippen LogP contribution >= 0.6 is 0 Å². The fourth-order valence-electron chi connectivity index (χ4n) is 12.1. The molecule has 0 fully saturated rings. The Morgan fingerprint density at radius 1 is 0.290 bits per heavy atom. The van der Waals surface area contributed by atoms with Gasteiger partial charge in [-0.1, -0.05) is 60.2 Å². The SMILES string of the molecule is CCS(=O)(=O)Nc1ccc(Nc2ncnc3cc(OC)c(OC)cc23)cc1.COc1cc2ncnc(Nc3ccc(NS(=O)(=O)C(C)C)cc3)c2cc1OC.COc1cc2ncnc(Nc3ccc(NS(=O)(=O)c4ccc(-c5ccccc5)cc4)cc3)c2cc1OC.COc1cc2ncnc(Nc3ccc(NS(=O)(=O)c4ccc(C)cc4)cc3)c2cc1OC. The van der Waals surface area contributed by atoms with Crippen LogP contribution in [0.1, 0.15) is 26.3 Å². The van der Waals surface area contributed by atoms with Crippen molar-refractivity contribution < 1.29 is 71.6 Å². The van der Waals surface area contributed by atoms with Crippen molar-refractivity contribution in [3.05, 3.63) is 255 Å². The molecule has 11 aromatic carbocycles. The van der Waals surface area contributed by atoms with E-state index in [1.165, 1.54) is 25.3 Å². The topological polar surface area (TPSA) is 410 Å². The molecule has 4 heterocycles. The molecule has 15 aromatic rings. The van der Waals surface area contributed by atoms with Crippen LogP contribution in [0.2, 0.25) is 0 Å². The summed E-state index contributed by atoms with van der Waals surface area (Å²) in [4.78, 5) is 34.8. The number of ether oxygens (including phenoxy) is 8. The van der Waals surface area contributed by atoms with Crippen molar-refractivity contribution in [2.24, 2.45) is 0 Å². The van der Waals surface area contributed by atoms with Crippen LogP contribution < -0.4 is 78.1 Å². The lowest BCUT2D eigenvalue weighted by Gasteiger charge is -2.13. The second kappa shape index (κ2) is 39.7. The molecule has 8 N–H and O–H groups in total. The first-order valence-corrected chi connectivity index (χ1v) is 44.1. The molecule has 15 rings (SSSR count). The van der Waals surface area contributed by atoms with Crippen LogP contribution in [0.5, 0.6) is 46.0 Å². The Hall–Kier alpha value is -14.6. The van der Waals surface area contributed by atoms with Crippen molar-refractivity contribution in [2.75, 3.05) is 103 Å². The molecule has 0 aliphatic rings. The lowest BCUT2D eigenvalue weighted by Crippen LogP contribution is -2.22. The van der Waals surface area contributed by atoms with Gasteiger partial charge in [-0.05, 0) is 184 Å². The van der Waals surface area contributed by atoms with Gasteiger partial charge in [0.15, 0.2) is 46.0 Å². The van der Waals surface area contributed by atoms with Crippen molar-refractivity contribution in [2.45, 2.75) is 42.7 Å². The first-order chi connectivity index (χ1) is 59.6. The van der Waals surface area contributed by atoms with Crippen LogP contribution in [-0.4, -0.2) is 141 Å². The molecule has 36 heteroatoms. The van der Waals surface area contributed by atoms with Crippen molar-refractivity contribution in [1.29, 1.82) is 0 Å². The Labute approximate surface area is 717 Å². The van der Waals surface area contributed by atoms with E-state index >= 15 is 0 Å². The van der Waals surface area contributed by atoms with Crippen LogP contribution in [0.4, 0.5) is 68.8 Å². The third-order valence-electron chi connectivity index (χ3n) is 18.8. The van der Waals surface area contributed by atoms with E-state index < -0.39 is 45.3 Å². The highest BCUT2D eigenvalue weighted by molar-refractivity contribution is 7.93. The van der Waals surface area contributed by atoms with E-state index in [-0.39, 0.29) is 15.5 Å². The molecule has 0 saturated heterocycles. The van der Waals surface area contributed by atoms with Crippen LogP contribution in [0.15, 0.2) is 260 Å². The van der Waals surface area contributed by atoms with Gasteiger partial charge in [0.1, 0.15) is 48.6 Å². The second-order valence-electron chi connectivity index (χ2n) is 27.2. The molecule has 0 amide bonds. The maximum atomic E-state index is 12.9. The number of benzene rings is 11. The van der Waals surface area contributed by atoms with E-state index in [9.17, 15) is 33.7 Å². The molecular weight excluding hydrogens is 1670 g/mol. The van der Waals surface area contributed by atoms with E-state index in [0.29, 0.717) is 114 Å². The maximum absolute atomic E-state index is 12.9. The first-order valence-electron chi connectivity index (χ1n) is 37.9. The van der Waals surface area contributed by atoms with Crippen LogP contribution in [0.3, 0.4) is 0 Å². The molecule has 640 valence electrons. The highest BCUT2D eigenvalue weighted by Gasteiger charge is 2.21. The number of nitrogens with one attached hydrogen (secondary N) is 8. The predicted molar refractivity (Wildman–Crippen MR) is 485 cm³/mol. The normalized spacial score (nSPS) is 11.3. The minimum Gasteiger partial charge on any atom is -0.493 e. The lowest BCUT2D eigenvalue weighted by molar-refractivity contribution is 0.356. The van der Waals surface area contributed by atoms with Crippen molar-refractivity contribution >= 4 is 152 Å². The number of nitrogens with zero attached hydrogens (tertiary/aromatic N) is 8. The van der Waals surface area contributed by atoms with E-state index in [1.807, 2.05) is 49.4 Å². The van der Waals surface area contributed by atoms with Gasteiger partial charge in [-0.2, -0.15) is 0 Å². The van der Waals surface area contributed by atoms with Gasteiger partial charge in [0.05, 0.1) is 99.7 Å². The van der Waals surface area contributed by atoms with Gasteiger partial charge in [0.25, 0.3) is 20.0 Å². The minimum absolute atomic E-state index is 0.0191. The standard InChI is InChI=1S/C28H24N4O4S.C23H22N4O4S.C19H22N4O4S.C18H20N4O4S/c1-35-26-16-24-25(17-27(26)36-2)29-18-30-28(24)31-21-10-12-22(13-11-21)32-37(33,34)23-14-8-20(9-15-23)19-6-4-3-5-7-19;1-15-4-10-18(11-5-15)32(28,29)27-17-8-6-16(7-9-17)26-23-19-12-21(30-2)22(31-3)13-20(19)24-14-25-23;1-12(2)28(24,25)23-14-7-5-13(6-8-14)22-19-15-9-17(26-3)18(27-4)10-16(15)20-11-21-19;1-4-27(23,24)22-13-7-5-12(6-8-13)21-18-14-9-16(25-2)17(26-3)10-15(14)19-11-20-18/h3-18,32H,1-2H3,(H,29,30,31);4-14,27H,1-3H3,(H,24,25,26);5-12,23H,1-4H3,(H,20,21,22);5-11,22H,4H2,1-3H3,(H,19,20,21). The summed E-state index contributed by atoms with van der Waals surface area (Å²) in [6, 6.07) is 65.3. The van der Waals surface area contributed by atoms with Crippen molar-refractivity contribution in [1.82, 2.24) is 39.9 Å². The van der Waals surface area contributed by atoms with Crippen LogP contribution in [-0.2, 0) is 40.1 Å². The summed E-state index contributed by atoms with van der Waals surface area (Å²) in [6.45, 7) is 6.74. The molecule has 0 unspecified atom stereocenters. The molecule has 0 aliphatic carbocycles. The number of anilines is 12. The zero-order valence-electron chi connectivity index (χ0n) is 69.2. The molecular formula is C88H88N16O16S4. The van der Waals surface area contributed by atoms with E-state index in [4.69, 9.17) is 37.9 Å². The summed E-state index contributed by atoms with van der Waals surface area (Å²) < 4.78 is 151. The highest BCUT2D eigenvalue weighted by atomic mass is 32.2. The van der Waals surface area contributed by atoms with Gasteiger partial charge < -0.3 is 59.2 Å². The summed E-state index contributed by atoms with van der Waals surface area (Å²) >= 11 is 0. The fraction of sp³-hybridized carbons (Fsp3) is 0.159. The number of sulfonamides is 4. The Morgan fingerprint density at radius 2 is 0.540 bits per heavy atom. The van der Waals surface area contributed by atoms with E-state index in [0.717, 1.165) is 61.0 Å². The molecule has 124 heavy (non-hydrogen) atoms. The predicted octanol–water partition coefficient (Wildman–Crippen LogP) is 17.1. The monoisotopic (exact) mass is 1750 g/mol. The number of aryl methyl sites for hydroxylation is 1. The second-order valence-corrected chi connectivity index (χ2v) is 34.8. The minimum atomic E-state index is -3.74. The third kappa shape index (κ3) is 22.1. The van der Waals surface area contributed by atoms with Gasteiger partial charge in [-0.3, -0.25) is 18.9 Å². The molecule has 0 bridgehead atoms. The third-order valence-corrected chi connectivity index (χ3v) is 24.7. The Balaban J connectivity index is 0.000000152. The van der Waals surface area contributed by atoms with Gasteiger partial charge in [-0.15, -0.1) is 0 Å². The smallest absolute Gasteiger partial charge is 0.261 e. The quantitative estimate of drug-likeness (QED) is 0.0216. The van der Waals surface area contributed by atoms with Crippen molar-refractivity contribution in [3.8, 4) is 57.1 Å². The Bertz CT molecular complexity index is 6750. The molecule has 0 aliphatic heterocycles. The van der Waals surface area contributed by atoms with Gasteiger partial charge in [-0.25, -0.2) is 73.5 Å². The first kappa shape index (κ1) is 88.7. The average molecular weight is 1750 g/mol. The maximum Gasteiger partial charge on any atom is 0.261 e. The number of rotatable bonds is 29. The number of hydrogen-bond acceptors (Lipinski definition) is 28. The van der Waals surface area contributed by atoms with Gasteiger partial charge in [0, 0.05) is 91.3 Å². The zero-order valence-corrected chi connectivity index (χ0v) is 72.5. The molecule has 0 saturated carbocycles. The molecule has 4 aromatic heterocycles. The average Bonchev–Trinajstić information content (AvgIpc) is 0.798. The van der Waals surface area contributed by atoms with Gasteiger partial charge >= 0.3 is 0 Å². The summed E-state index contributed by atoms with van der Waals surface area (Å²) in [5.41, 5.74) is 10.6. The summed E-state index contributed by atoms with van der Waals surface area (Å²) in [7, 11) is -1.55. The fourth-order valence-corrected chi connectivity index (χ4v) is 15.6. The molecule has 0 atom stereocenters. The highest BCUT2D eigenvalue weighted by Crippen LogP contribution is 2.40. The molecule has 32 nitrogen and oxygen atoms in total. The van der Waals surface area contributed by atoms with Gasteiger partial charge in [0.2, 0.25) is 20.0 Å². The van der Waals surface area contributed by atoms with E-state index in [2.05, 4.69) is 80.0 Å².